The van der Waals surface area contributed by atoms with Gasteiger partial charge in [0.2, 0.25) is 0 Å². The van der Waals surface area contributed by atoms with Crippen molar-refractivity contribution in [2.45, 2.75) is 19.4 Å². The summed E-state index contributed by atoms with van der Waals surface area (Å²) < 4.78 is 7.32. The van der Waals surface area contributed by atoms with Crippen LogP contribution in [0.5, 0.6) is 5.75 Å². The van der Waals surface area contributed by atoms with E-state index in [1.54, 1.807) is 0 Å². The van der Waals surface area contributed by atoms with Crippen molar-refractivity contribution in [2.75, 3.05) is 6.61 Å². The van der Waals surface area contributed by atoms with Gasteiger partial charge >= 0.3 is 0 Å². The number of amides is 1. The Morgan fingerprint density at radius 1 is 1.18 bits per heavy atom. The zero-order chi connectivity index (χ0) is 15.9. The summed E-state index contributed by atoms with van der Waals surface area (Å²) in [5, 5.41) is 3.00. The van der Waals surface area contributed by atoms with Crippen molar-refractivity contribution < 1.29 is 9.53 Å². The molecule has 0 aliphatic heterocycles. The number of carbonyl (C=O) groups is 1. The molecule has 0 heterocycles. The molecular formula is C17H17Br2NO2. The number of ether oxygens (including phenoxy) is 1. The second-order valence-electron chi connectivity index (χ2n) is 4.80. The van der Waals surface area contributed by atoms with Crippen molar-refractivity contribution in [2.24, 2.45) is 0 Å². The van der Waals surface area contributed by atoms with Crippen LogP contribution in [0.3, 0.4) is 0 Å². The lowest BCUT2D eigenvalue weighted by atomic mass is 10.0. The molecule has 2 rings (SSSR count). The average Bonchev–Trinajstić information content (AvgIpc) is 2.52. The second-order valence-corrected chi connectivity index (χ2v) is 6.57. The monoisotopic (exact) mass is 425 g/mol. The van der Waals surface area contributed by atoms with Gasteiger partial charge in [0.15, 0.2) is 6.61 Å². The number of rotatable bonds is 6. The van der Waals surface area contributed by atoms with Crippen LogP contribution in [0, 0.1) is 0 Å². The second kappa shape index (κ2) is 8.34. The third-order valence-corrected chi connectivity index (χ3v) is 4.31. The third-order valence-electron chi connectivity index (χ3n) is 3.20. The van der Waals surface area contributed by atoms with Crippen molar-refractivity contribution in [1.29, 1.82) is 0 Å². The van der Waals surface area contributed by atoms with E-state index in [2.05, 4.69) is 37.2 Å². The largest absolute Gasteiger partial charge is 0.483 e. The van der Waals surface area contributed by atoms with E-state index in [9.17, 15) is 4.79 Å². The van der Waals surface area contributed by atoms with E-state index in [4.69, 9.17) is 4.74 Å². The Morgan fingerprint density at radius 2 is 1.91 bits per heavy atom. The van der Waals surface area contributed by atoms with E-state index < -0.39 is 0 Å². The first kappa shape index (κ1) is 17.0. The Balaban J connectivity index is 1.92. The van der Waals surface area contributed by atoms with Crippen LogP contribution in [0.25, 0.3) is 0 Å². The van der Waals surface area contributed by atoms with Crippen molar-refractivity contribution in [1.82, 2.24) is 5.32 Å². The lowest BCUT2D eigenvalue weighted by molar-refractivity contribution is -0.123. The Morgan fingerprint density at radius 3 is 2.55 bits per heavy atom. The van der Waals surface area contributed by atoms with Crippen molar-refractivity contribution in [3.05, 3.63) is 63.0 Å². The van der Waals surface area contributed by atoms with Crippen LogP contribution in [0.1, 0.15) is 24.9 Å². The summed E-state index contributed by atoms with van der Waals surface area (Å²) in [4.78, 5) is 12.1. The number of nitrogens with one attached hydrogen (secondary N) is 1. The highest BCUT2D eigenvalue weighted by Gasteiger charge is 2.13. The summed E-state index contributed by atoms with van der Waals surface area (Å²) >= 11 is 6.79. The first-order chi connectivity index (χ1) is 10.6. The quantitative estimate of drug-likeness (QED) is 0.716. The molecule has 1 atom stereocenters. The Labute approximate surface area is 147 Å². The Hall–Kier alpha value is -1.33. The molecule has 22 heavy (non-hydrogen) atoms. The SMILES string of the molecule is CCC(NC(=O)COc1ccc(Br)cc1Br)c1ccccc1. The maximum absolute atomic E-state index is 12.1. The predicted octanol–water partition coefficient (Wildman–Crippen LogP) is 4.86. The number of halogens is 2. The zero-order valence-corrected chi connectivity index (χ0v) is 15.4. The lowest BCUT2D eigenvalue weighted by Gasteiger charge is -2.17. The van der Waals surface area contributed by atoms with Crippen LogP contribution in [0.4, 0.5) is 0 Å². The van der Waals surface area contributed by atoms with Gasteiger partial charge in [-0.15, -0.1) is 0 Å². The molecule has 0 radical (unpaired) electrons. The van der Waals surface area contributed by atoms with Crippen LogP contribution in [0.15, 0.2) is 57.5 Å². The molecule has 0 aliphatic carbocycles. The van der Waals surface area contributed by atoms with Crippen LogP contribution < -0.4 is 10.1 Å². The van der Waals surface area contributed by atoms with Crippen LogP contribution in [0.2, 0.25) is 0 Å². The molecule has 2 aromatic rings. The minimum absolute atomic E-state index is 0.00524. The average molecular weight is 427 g/mol. The summed E-state index contributed by atoms with van der Waals surface area (Å²) in [5.74, 6) is 0.511. The highest BCUT2D eigenvalue weighted by atomic mass is 79.9. The van der Waals surface area contributed by atoms with Crippen molar-refractivity contribution in [3.8, 4) is 5.75 Å². The van der Waals surface area contributed by atoms with Gasteiger partial charge in [-0.2, -0.15) is 0 Å². The Bertz CT molecular complexity index is 632. The van der Waals surface area contributed by atoms with Crippen molar-refractivity contribution >= 4 is 37.8 Å². The lowest BCUT2D eigenvalue weighted by Crippen LogP contribution is -2.32. The van der Waals surface area contributed by atoms with Gasteiger partial charge in [-0.3, -0.25) is 4.79 Å². The summed E-state index contributed by atoms with van der Waals surface area (Å²) in [6.45, 7) is 2.04. The number of benzene rings is 2. The molecule has 0 saturated heterocycles. The molecule has 2 aromatic carbocycles. The smallest absolute Gasteiger partial charge is 0.258 e. The van der Waals surface area contributed by atoms with Crippen LogP contribution in [-0.2, 0) is 4.79 Å². The minimum Gasteiger partial charge on any atom is -0.483 e. The van der Waals surface area contributed by atoms with Gasteiger partial charge in [-0.25, -0.2) is 0 Å². The standard InChI is InChI=1S/C17H17Br2NO2/c1-2-15(12-6-4-3-5-7-12)20-17(21)11-22-16-9-8-13(18)10-14(16)19/h3-10,15H,2,11H2,1H3,(H,20,21). The third kappa shape index (κ3) is 4.85. The maximum Gasteiger partial charge on any atom is 0.258 e. The maximum atomic E-state index is 12.1. The van der Waals surface area contributed by atoms with E-state index in [0.717, 1.165) is 20.9 Å². The molecular weight excluding hydrogens is 410 g/mol. The molecule has 0 fully saturated rings. The molecule has 5 heteroatoms. The van der Waals surface area contributed by atoms with Gasteiger partial charge in [0.1, 0.15) is 5.75 Å². The fourth-order valence-corrected chi connectivity index (χ4v) is 3.24. The number of hydrogen-bond donors (Lipinski definition) is 1. The van der Waals surface area contributed by atoms with Gasteiger partial charge in [0, 0.05) is 4.47 Å². The van der Waals surface area contributed by atoms with Gasteiger partial charge in [-0.05, 0) is 46.1 Å². The van der Waals surface area contributed by atoms with E-state index in [1.165, 1.54) is 0 Å². The van der Waals surface area contributed by atoms with Crippen LogP contribution in [-0.4, -0.2) is 12.5 Å². The molecule has 0 saturated carbocycles. The van der Waals surface area contributed by atoms with Crippen molar-refractivity contribution in [3.63, 3.8) is 0 Å². The van der Waals surface area contributed by atoms with E-state index >= 15 is 0 Å². The van der Waals surface area contributed by atoms with Gasteiger partial charge < -0.3 is 10.1 Å². The van der Waals surface area contributed by atoms with Crippen LogP contribution >= 0.6 is 31.9 Å². The number of carbonyl (C=O) groups excluding carboxylic acids is 1. The first-order valence-corrected chi connectivity index (χ1v) is 8.61. The van der Waals surface area contributed by atoms with Gasteiger partial charge in [0.25, 0.3) is 5.91 Å². The zero-order valence-electron chi connectivity index (χ0n) is 12.2. The van der Waals surface area contributed by atoms with E-state index in [1.807, 2.05) is 55.5 Å². The molecule has 0 aromatic heterocycles. The molecule has 0 spiro atoms. The summed E-state index contributed by atoms with van der Waals surface area (Å²) in [7, 11) is 0. The van der Waals surface area contributed by atoms with Gasteiger partial charge in [-0.1, -0.05) is 53.2 Å². The van der Waals surface area contributed by atoms with Gasteiger partial charge in [0.05, 0.1) is 10.5 Å². The topological polar surface area (TPSA) is 38.3 Å². The van der Waals surface area contributed by atoms with E-state index in [-0.39, 0.29) is 18.6 Å². The fraction of sp³-hybridized carbons (Fsp3) is 0.235. The minimum atomic E-state index is -0.134. The summed E-state index contributed by atoms with van der Waals surface area (Å²) in [6, 6.07) is 15.5. The van der Waals surface area contributed by atoms with E-state index in [0.29, 0.717) is 5.75 Å². The molecule has 1 unspecified atom stereocenters. The summed E-state index contributed by atoms with van der Waals surface area (Å²) in [6.07, 6.45) is 0.831. The predicted molar refractivity (Wildman–Crippen MR) is 95.0 cm³/mol. The molecule has 116 valence electrons. The Kier molecular flexibility index (Phi) is 6.46. The molecule has 0 aliphatic rings. The summed E-state index contributed by atoms with van der Waals surface area (Å²) in [5.41, 5.74) is 1.10. The highest BCUT2D eigenvalue weighted by Crippen LogP contribution is 2.28. The normalized spacial score (nSPS) is 11.8. The first-order valence-electron chi connectivity index (χ1n) is 7.02. The molecule has 1 N–H and O–H groups in total. The molecule has 0 bridgehead atoms. The molecule has 3 nitrogen and oxygen atoms in total. The molecule has 1 amide bonds. The fourth-order valence-electron chi connectivity index (χ4n) is 2.08. The highest BCUT2D eigenvalue weighted by molar-refractivity contribution is 9.11. The number of hydrogen-bond acceptors (Lipinski definition) is 2.